The molecule has 6 heteroatoms. The lowest BCUT2D eigenvalue weighted by Gasteiger charge is -2.17. The van der Waals surface area contributed by atoms with Gasteiger partial charge < -0.3 is 14.6 Å². The second kappa shape index (κ2) is 6.54. The fourth-order valence-electron chi connectivity index (χ4n) is 3.52. The summed E-state index contributed by atoms with van der Waals surface area (Å²) >= 11 is 0. The van der Waals surface area contributed by atoms with Gasteiger partial charge in [-0.2, -0.15) is 0 Å². The molecule has 0 saturated carbocycles. The summed E-state index contributed by atoms with van der Waals surface area (Å²) in [6.07, 6.45) is 0.201. The highest BCUT2D eigenvalue weighted by atomic mass is 16.3. The predicted molar refractivity (Wildman–Crippen MR) is 104 cm³/mol. The second-order valence-electron chi connectivity index (χ2n) is 7.10. The molecule has 2 aromatic carbocycles. The molecule has 1 atom stereocenters. The van der Waals surface area contributed by atoms with Crippen LogP contribution in [-0.2, 0) is 9.59 Å². The first-order chi connectivity index (χ1) is 12.9. The van der Waals surface area contributed by atoms with E-state index in [-0.39, 0.29) is 24.2 Å². The highest BCUT2D eigenvalue weighted by Gasteiger charge is 2.35. The lowest BCUT2D eigenvalue weighted by Crippen LogP contribution is -2.28. The predicted octanol–water partition coefficient (Wildman–Crippen LogP) is 3.74. The van der Waals surface area contributed by atoms with Gasteiger partial charge in [0.25, 0.3) is 0 Å². The first-order valence-corrected chi connectivity index (χ1v) is 8.96. The molecule has 27 heavy (non-hydrogen) atoms. The van der Waals surface area contributed by atoms with Crippen LogP contribution in [0.4, 0.5) is 11.4 Å². The Labute approximate surface area is 157 Å². The number of hydrogen-bond acceptors (Lipinski definition) is 4. The Morgan fingerprint density at radius 1 is 1.19 bits per heavy atom. The monoisotopic (exact) mass is 363 g/mol. The molecule has 0 bridgehead atoms. The van der Waals surface area contributed by atoms with Crippen LogP contribution < -0.4 is 10.2 Å². The molecule has 1 unspecified atom stereocenters. The molecule has 4 rings (SSSR count). The maximum absolute atomic E-state index is 12.7. The van der Waals surface area contributed by atoms with Gasteiger partial charge in [0.1, 0.15) is 5.52 Å². The van der Waals surface area contributed by atoms with E-state index in [0.29, 0.717) is 23.5 Å². The standard InChI is InChI=1S/C21H21N3O3/c1-12-4-6-17(13(2)8-12)23-21(26)15-9-20(25)24(11-15)16-5-7-19-18(10-16)22-14(3)27-19/h4-8,10,15H,9,11H2,1-3H3,(H,23,26). The van der Waals surface area contributed by atoms with E-state index in [1.807, 2.05) is 44.2 Å². The smallest absolute Gasteiger partial charge is 0.229 e. The summed E-state index contributed by atoms with van der Waals surface area (Å²) in [5, 5.41) is 2.96. The molecule has 1 aliphatic heterocycles. The van der Waals surface area contributed by atoms with Crippen molar-refractivity contribution in [2.75, 3.05) is 16.8 Å². The van der Waals surface area contributed by atoms with Gasteiger partial charge in [0, 0.05) is 31.3 Å². The van der Waals surface area contributed by atoms with Crippen LogP contribution >= 0.6 is 0 Å². The topological polar surface area (TPSA) is 75.4 Å². The van der Waals surface area contributed by atoms with Gasteiger partial charge in [0.2, 0.25) is 11.8 Å². The number of hydrogen-bond donors (Lipinski definition) is 1. The third-order valence-electron chi connectivity index (χ3n) is 4.93. The number of carbonyl (C=O) groups is 2. The molecule has 6 nitrogen and oxygen atoms in total. The third-order valence-corrected chi connectivity index (χ3v) is 4.93. The van der Waals surface area contributed by atoms with Gasteiger partial charge in [0.15, 0.2) is 11.5 Å². The Morgan fingerprint density at radius 2 is 2.00 bits per heavy atom. The minimum Gasteiger partial charge on any atom is -0.441 e. The largest absolute Gasteiger partial charge is 0.441 e. The van der Waals surface area contributed by atoms with Crippen molar-refractivity contribution in [2.45, 2.75) is 27.2 Å². The molecule has 0 spiro atoms. The Bertz CT molecular complexity index is 1050. The van der Waals surface area contributed by atoms with Crippen molar-refractivity contribution in [3.63, 3.8) is 0 Å². The zero-order chi connectivity index (χ0) is 19.1. The van der Waals surface area contributed by atoms with Crippen LogP contribution in [0, 0.1) is 26.7 Å². The molecule has 1 saturated heterocycles. The van der Waals surface area contributed by atoms with Crippen LogP contribution in [0.3, 0.4) is 0 Å². The van der Waals surface area contributed by atoms with Crippen LogP contribution in [0.5, 0.6) is 0 Å². The minimum atomic E-state index is -0.382. The van der Waals surface area contributed by atoms with Gasteiger partial charge >= 0.3 is 0 Å². The van der Waals surface area contributed by atoms with E-state index in [0.717, 1.165) is 22.5 Å². The fourth-order valence-corrected chi connectivity index (χ4v) is 3.52. The van der Waals surface area contributed by atoms with E-state index in [1.54, 1.807) is 17.9 Å². The van der Waals surface area contributed by atoms with Gasteiger partial charge in [-0.3, -0.25) is 9.59 Å². The molecule has 0 radical (unpaired) electrons. The van der Waals surface area contributed by atoms with Crippen molar-refractivity contribution in [1.82, 2.24) is 4.98 Å². The summed E-state index contributed by atoms with van der Waals surface area (Å²) < 4.78 is 5.48. The molecule has 1 fully saturated rings. The normalized spacial score (nSPS) is 16.9. The summed E-state index contributed by atoms with van der Waals surface area (Å²) in [5.74, 6) is 0.0140. The lowest BCUT2D eigenvalue weighted by molar-refractivity contribution is -0.122. The number of fused-ring (bicyclic) bond motifs is 1. The van der Waals surface area contributed by atoms with Crippen LogP contribution in [0.2, 0.25) is 0 Å². The van der Waals surface area contributed by atoms with Crippen molar-refractivity contribution in [3.8, 4) is 0 Å². The van der Waals surface area contributed by atoms with Crippen LogP contribution in [0.25, 0.3) is 11.1 Å². The van der Waals surface area contributed by atoms with Crippen LogP contribution in [0.1, 0.15) is 23.4 Å². The quantitative estimate of drug-likeness (QED) is 0.769. The summed E-state index contributed by atoms with van der Waals surface area (Å²) in [6, 6.07) is 11.4. The summed E-state index contributed by atoms with van der Waals surface area (Å²) in [7, 11) is 0. The van der Waals surface area contributed by atoms with Crippen molar-refractivity contribution >= 4 is 34.3 Å². The SMILES string of the molecule is Cc1ccc(NC(=O)C2CC(=O)N(c3ccc4oc(C)nc4c3)C2)c(C)c1. The Morgan fingerprint density at radius 3 is 2.78 bits per heavy atom. The molecular weight excluding hydrogens is 342 g/mol. The average Bonchev–Trinajstić information content (AvgIpc) is 3.18. The number of rotatable bonds is 3. The number of benzene rings is 2. The number of nitrogens with one attached hydrogen (secondary N) is 1. The van der Waals surface area contributed by atoms with E-state index in [2.05, 4.69) is 10.3 Å². The molecule has 2 amide bonds. The summed E-state index contributed by atoms with van der Waals surface area (Å²) in [4.78, 5) is 31.1. The van der Waals surface area contributed by atoms with Crippen molar-refractivity contribution < 1.29 is 14.0 Å². The number of carbonyl (C=O) groups excluding carboxylic acids is 2. The van der Waals surface area contributed by atoms with Crippen molar-refractivity contribution in [1.29, 1.82) is 0 Å². The Kier molecular flexibility index (Phi) is 4.18. The first-order valence-electron chi connectivity index (χ1n) is 8.96. The maximum atomic E-state index is 12.7. The Balaban J connectivity index is 1.51. The Hall–Kier alpha value is -3.15. The number of nitrogens with zero attached hydrogens (tertiary/aromatic N) is 2. The van der Waals surface area contributed by atoms with E-state index < -0.39 is 0 Å². The van der Waals surface area contributed by atoms with Crippen molar-refractivity contribution in [3.05, 3.63) is 53.4 Å². The zero-order valence-corrected chi connectivity index (χ0v) is 15.6. The average molecular weight is 363 g/mol. The highest BCUT2D eigenvalue weighted by molar-refractivity contribution is 6.04. The van der Waals surface area contributed by atoms with Crippen LogP contribution in [-0.4, -0.2) is 23.3 Å². The second-order valence-corrected chi connectivity index (χ2v) is 7.10. The molecule has 0 aliphatic carbocycles. The van der Waals surface area contributed by atoms with E-state index in [4.69, 9.17) is 4.42 Å². The van der Waals surface area contributed by atoms with Gasteiger partial charge in [-0.05, 0) is 43.7 Å². The lowest BCUT2D eigenvalue weighted by atomic mass is 10.1. The number of amides is 2. The zero-order valence-electron chi connectivity index (χ0n) is 15.6. The molecule has 3 aromatic rings. The van der Waals surface area contributed by atoms with Crippen LogP contribution in [0.15, 0.2) is 40.8 Å². The van der Waals surface area contributed by atoms with Gasteiger partial charge in [-0.15, -0.1) is 0 Å². The number of aryl methyl sites for hydroxylation is 3. The van der Waals surface area contributed by atoms with E-state index in [1.165, 1.54) is 0 Å². The summed E-state index contributed by atoms with van der Waals surface area (Å²) in [6.45, 7) is 6.12. The molecule has 2 heterocycles. The fraction of sp³-hybridized carbons (Fsp3) is 0.286. The first kappa shape index (κ1) is 17.3. The van der Waals surface area contributed by atoms with Gasteiger partial charge in [0.05, 0.1) is 5.92 Å². The van der Waals surface area contributed by atoms with E-state index in [9.17, 15) is 9.59 Å². The maximum Gasteiger partial charge on any atom is 0.229 e. The molecule has 1 N–H and O–H groups in total. The van der Waals surface area contributed by atoms with Crippen molar-refractivity contribution in [2.24, 2.45) is 5.92 Å². The van der Waals surface area contributed by atoms with Gasteiger partial charge in [-0.1, -0.05) is 17.7 Å². The molecule has 138 valence electrons. The highest BCUT2D eigenvalue weighted by Crippen LogP contribution is 2.29. The molecular formula is C21H21N3O3. The minimum absolute atomic E-state index is 0.0599. The number of anilines is 2. The molecule has 1 aliphatic rings. The third kappa shape index (κ3) is 3.30. The van der Waals surface area contributed by atoms with Gasteiger partial charge in [-0.25, -0.2) is 4.98 Å². The van der Waals surface area contributed by atoms with E-state index >= 15 is 0 Å². The summed E-state index contributed by atoms with van der Waals surface area (Å²) in [5.41, 5.74) is 5.08. The molecule has 1 aromatic heterocycles. The number of oxazole rings is 1. The number of aromatic nitrogens is 1.